The normalized spacial score (nSPS) is 20.7. The van der Waals surface area contributed by atoms with Crippen LogP contribution in [0.2, 0.25) is 38.3 Å². The first-order chi connectivity index (χ1) is 12.9. The Morgan fingerprint density at radius 2 is 1.00 bits per heavy atom. The van der Waals surface area contributed by atoms with E-state index in [0.29, 0.717) is 12.2 Å². The third kappa shape index (κ3) is 16.6. The first kappa shape index (κ1) is 29.2. The van der Waals surface area contributed by atoms with Gasteiger partial charge in [-0.1, -0.05) is 14.9 Å². The molecule has 0 aromatic carbocycles. The topological polar surface area (TPSA) is 52.8 Å². The second-order valence-corrected chi connectivity index (χ2v) is 18.1. The van der Waals surface area contributed by atoms with Crippen molar-refractivity contribution in [1.82, 2.24) is 0 Å². The molecule has 0 spiro atoms. The summed E-state index contributed by atoms with van der Waals surface area (Å²) in [5.41, 5.74) is 0. The van der Waals surface area contributed by atoms with Crippen LogP contribution in [0.5, 0.6) is 0 Å². The Bertz CT molecular complexity index is 363. The molecule has 2 saturated heterocycles. The summed E-state index contributed by atoms with van der Waals surface area (Å²) in [6.45, 7) is 14.8. The molecular formula is C22H50O5Si2. The summed E-state index contributed by atoms with van der Waals surface area (Å²) in [6, 6.07) is 2.38. The van der Waals surface area contributed by atoms with Gasteiger partial charge in [0.15, 0.2) is 16.6 Å². The lowest BCUT2D eigenvalue weighted by Gasteiger charge is -2.34. The first-order valence-electron chi connectivity index (χ1n) is 11.0. The molecule has 2 aliphatic heterocycles. The monoisotopic (exact) mass is 450 g/mol. The third-order valence-electron chi connectivity index (χ3n) is 5.12. The van der Waals surface area contributed by atoms with Crippen LogP contribution in [0.15, 0.2) is 0 Å². The van der Waals surface area contributed by atoms with Gasteiger partial charge in [-0.25, -0.2) is 0 Å². The fourth-order valence-electron chi connectivity index (χ4n) is 3.55. The summed E-state index contributed by atoms with van der Waals surface area (Å²) in [5, 5.41) is 0. The Kier molecular flexibility index (Phi) is 15.2. The molecule has 0 aromatic heterocycles. The van der Waals surface area contributed by atoms with Crippen LogP contribution in [-0.2, 0) is 23.1 Å². The number of epoxide rings is 2. The van der Waals surface area contributed by atoms with E-state index in [9.17, 15) is 0 Å². The summed E-state index contributed by atoms with van der Waals surface area (Å²) in [4.78, 5) is 0. The standard InChI is InChI=1S/C20H42O5Si2.2CH4/c1-26(2,15-7-13-21-11-5-9-19-17-23-19)25-27(3,4)16-8-14-22-12-6-10-20-18-24-20;;/h19-20H,5-18H2,1-4H3;2*1H4. The van der Waals surface area contributed by atoms with Crippen molar-refractivity contribution in [3.8, 4) is 0 Å². The molecule has 2 aliphatic rings. The maximum atomic E-state index is 6.69. The van der Waals surface area contributed by atoms with Crippen LogP contribution < -0.4 is 0 Å². The van der Waals surface area contributed by atoms with Gasteiger partial charge in [0.25, 0.3) is 0 Å². The number of rotatable bonds is 18. The van der Waals surface area contributed by atoms with Gasteiger partial charge in [-0.15, -0.1) is 0 Å². The van der Waals surface area contributed by atoms with Crippen molar-refractivity contribution in [1.29, 1.82) is 0 Å². The van der Waals surface area contributed by atoms with Crippen LogP contribution in [0.1, 0.15) is 53.4 Å². The molecule has 5 nitrogen and oxygen atoms in total. The molecule has 176 valence electrons. The lowest BCUT2D eigenvalue weighted by atomic mass is 10.3. The highest BCUT2D eigenvalue weighted by atomic mass is 28.4. The van der Waals surface area contributed by atoms with Crippen molar-refractivity contribution in [2.24, 2.45) is 0 Å². The van der Waals surface area contributed by atoms with Crippen molar-refractivity contribution >= 4 is 16.6 Å². The molecule has 0 saturated carbocycles. The van der Waals surface area contributed by atoms with E-state index in [1.165, 1.54) is 12.1 Å². The Balaban J connectivity index is 0.00000392. The maximum absolute atomic E-state index is 6.69. The van der Waals surface area contributed by atoms with Crippen LogP contribution >= 0.6 is 0 Å². The van der Waals surface area contributed by atoms with Gasteiger partial charge in [0.1, 0.15) is 0 Å². The van der Waals surface area contributed by atoms with Crippen molar-refractivity contribution in [3.05, 3.63) is 0 Å². The molecule has 0 amide bonds. The summed E-state index contributed by atoms with van der Waals surface area (Å²) >= 11 is 0. The van der Waals surface area contributed by atoms with Crippen LogP contribution in [0, 0.1) is 0 Å². The van der Waals surface area contributed by atoms with Gasteiger partial charge < -0.3 is 23.1 Å². The van der Waals surface area contributed by atoms with Gasteiger partial charge >= 0.3 is 0 Å². The van der Waals surface area contributed by atoms with E-state index in [4.69, 9.17) is 23.1 Å². The Morgan fingerprint density at radius 3 is 1.34 bits per heavy atom. The summed E-state index contributed by atoms with van der Waals surface area (Å²) < 4.78 is 28.7. The van der Waals surface area contributed by atoms with Crippen LogP contribution in [0.3, 0.4) is 0 Å². The van der Waals surface area contributed by atoms with Gasteiger partial charge in [-0.05, 0) is 76.8 Å². The lowest BCUT2D eigenvalue weighted by molar-refractivity contribution is 0.128. The van der Waals surface area contributed by atoms with Crippen molar-refractivity contribution in [3.63, 3.8) is 0 Å². The van der Waals surface area contributed by atoms with Gasteiger partial charge in [0, 0.05) is 26.4 Å². The molecule has 2 atom stereocenters. The van der Waals surface area contributed by atoms with Crippen molar-refractivity contribution in [2.75, 3.05) is 39.6 Å². The second kappa shape index (κ2) is 15.1. The summed E-state index contributed by atoms with van der Waals surface area (Å²) in [6.07, 6.45) is 7.86. The smallest absolute Gasteiger partial charge is 0.173 e. The SMILES string of the molecule is C.C.C[Si](C)(CCCOCCCC1CO1)O[Si](C)(C)CCCOCCCC1CO1. The molecule has 0 bridgehead atoms. The Morgan fingerprint density at radius 1 is 0.655 bits per heavy atom. The lowest BCUT2D eigenvalue weighted by Crippen LogP contribution is -2.44. The highest BCUT2D eigenvalue weighted by molar-refractivity contribution is 6.84. The number of hydrogen-bond acceptors (Lipinski definition) is 5. The highest BCUT2D eigenvalue weighted by Crippen LogP contribution is 2.24. The minimum absolute atomic E-state index is 0. The van der Waals surface area contributed by atoms with E-state index in [1.807, 2.05) is 0 Å². The molecule has 0 N–H and O–H groups in total. The zero-order valence-electron chi connectivity index (χ0n) is 18.1. The predicted octanol–water partition coefficient (Wildman–Crippen LogP) is 5.86. The van der Waals surface area contributed by atoms with E-state index in [1.54, 1.807) is 0 Å². The van der Waals surface area contributed by atoms with E-state index in [2.05, 4.69) is 26.2 Å². The van der Waals surface area contributed by atoms with E-state index in [0.717, 1.165) is 78.2 Å². The molecule has 2 fully saturated rings. The highest BCUT2D eigenvalue weighted by Gasteiger charge is 2.32. The zero-order chi connectivity index (χ0) is 19.6. The zero-order valence-corrected chi connectivity index (χ0v) is 20.1. The largest absolute Gasteiger partial charge is 0.455 e. The fourth-order valence-corrected chi connectivity index (χ4v) is 12.3. The minimum atomic E-state index is -1.59. The third-order valence-corrected chi connectivity index (χ3v) is 12.7. The molecular weight excluding hydrogens is 400 g/mol. The van der Waals surface area contributed by atoms with Gasteiger partial charge in [0.05, 0.1) is 25.4 Å². The van der Waals surface area contributed by atoms with E-state index < -0.39 is 16.6 Å². The molecule has 2 unspecified atom stereocenters. The minimum Gasteiger partial charge on any atom is -0.455 e. The van der Waals surface area contributed by atoms with Gasteiger partial charge in [-0.2, -0.15) is 0 Å². The predicted molar refractivity (Wildman–Crippen MR) is 128 cm³/mol. The van der Waals surface area contributed by atoms with Crippen LogP contribution in [-0.4, -0.2) is 68.5 Å². The molecule has 7 heteroatoms. The average Bonchev–Trinajstić information content (AvgIpc) is 3.46. The van der Waals surface area contributed by atoms with Crippen molar-refractivity contribution in [2.45, 2.75) is 104 Å². The Labute approximate surface area is 183 Å². The van der Waals surface area contributed by atoms with E-state index in [-0.39, 0.29) is 14.9 Å². The van der Waals surface area contributed by atoms with Crippen LogP contribution in [0.25, 0.3) is 0 Å². The quantitative estimate of drug-likeness (QED) is 0.149. The number of ether oxygens (including phenoxy) is 4. The fraction of sp³-hybridized carbons (Fsp3) is 1.00. The molecule has 2 rings (SSSR count). The average molecular weight is 451 g/mol. The molecule has 0 aromatic rings. The molecule has 2 heterocycles. The maximum Gasteiger partial charge on any atom is 0.173 e. The number of hydrogen-bond donors (Lipinski definition) is 0. The second-order valence-electron chi connectivity index (χ2n) is 9.25. The van der Waals surface area contributed by atoms with Gasteiger partial charge in [-0.3, -0.25) is 0 Å². The summed E-state index contributed by atoms with van der Waals surface area (Å²) in [7, 11) is -3.19. The Hall–Kier alpha value is 0.234. The van der Waals surface area contributed by atoms with Crippen molar-refractivity contribution < 1.29 is 23.1 Å². The summed E-state index contributed by atoms with van der Waals surface area (Å²) in [5.74, 6) is 0. The van der Waals surface area contributed by atoms with Crippen LogP contribution in [0.4, 0.5) is 0 Å². The molecule has 29 heavy (non-hydrogen) atoms. The molecule has 0 aliphatic carbocycles. The van der Waals surface area contributed by atoms with E-state index >= 15 is 0 Å². The molecule has 0 radical (unpaired) electrons. The first-order valence-corrected chi connectivity index (χ1v) is 17.2. The van der Waals surface area contributed by atoms with Gasteiger partial charge in [0.2, 0.25) is 0 Å².